The second-order valence-electron chi connectivity index (χ2n) is 2.97. The molecule has 0 aliphatic carbocycles. The van der Waals surface area contributed by atoms with Crippen LogP contribution in [0.25, 0.3) is 0 Å². The number of hydrogen-bond donors (Lipinski definition) is 4. The van der Waals surface area contributed by atoms with E-state index >= 15 is 0 Å². The molecule has 0 spiro atoms. The van der Waals surface area contributed by atoms with Gasteiger partial charge in [0.05, 0.1) is 12.5 Å². The first-order valence-electron chi connectivity index (χ1n) is 4.26. The van der Waals surface area contributed by atoms with Crippen LogP contribution in [0.1, 0.15) is 0 Å². The van der Waals surface area contributed by atoms with Gasteiger partial charge in [0.25, 0.3) is 20.2 Å². The van der Waals surface area contributed by atoms with Crippen molar-refractivity contribution >= 4 is 20.2 Å². The summed E-state index contributed by atoms with van der Waals surface area (Å²) < 4.78 is 51.7. The Hall–Kier alpha value is -0.260. The summed E-state index contributed by atoms with van der Waals surface area (Å²) in [6.45, 7) is 4.56. The molecule has 0 aromatic carbocycles. The standard InChI is InChI=1S/C4H10N2.2CH4O3S/c1-2-6-4-3-5-1;2*1-5(2,3)4/h5-6H,1-4H2;2*1H3,(H,2,3,4). The second-order valence-corrected chi connectivity index (χ2v) is 5.90. The van der Waals surface area contributed by atoms with Gasteiger partial charge in [-0.25, -0.2) is 0 Å². The van der Waals surface area contributed by atoms with Crippen LogP contribution in [0.3, 0.4) is 0 Å². The summed E-state index contributed by atoms with van der Waals surface area (Å²) in [6.07, 6.45) is 1.43. The van der Waals surface area contributed by atoms with Gasteiger partial charge in [-0.05, 0) is 0 Å². The van der Waals surface area contributed by atoms with Crippen LogP contribution in [0.15, 0.2) is 0 Å². The Balaban J connectivity index is 0. The van der Waals surface area contributed by atoms with E-state index in [9.17, 15) is 16.8 Å². The van der Waals surface area contributed by atoms with Crippen LogP contribution < -0.4 is 10.6 Å². The van der Waals surface area contributed by atoms with E-state index < -0.39 is 20.2 Å². The molecule has 0 unspecified atom stereocenters. The highest BCUT2D eigenvalue weighted by Crippen LogP contribution is 1.65. The first-order valence-corrected chi connectivity index (χ1v) is 7.96. The van der Waals surface area contributed by atoms with Crippen LogP contribution in [0, 0.1) is 0 Å². The number of rotatable bonds is 0. The summed E-state index contributed by atoms with van der Waals surface area (Å²) in [6, 6.07) is 0. The molecular weight excluding hydrogens is 260 g/mol. The minimum absolute atomic E-state index is 0.715. The Bertz CT molecular complexity index is 288. The van der Waals surface area contributed by atoms with Gasteiger partial charge in [-0.1, -0.05) is 0 Å². The fourth-order valence-electron chi connectivity index (χ4n) is 0.604. The molecule has 10 heteroatoms. The summed E-state index contributed by atoms with van der Waals surface area (Å²) in [4.78, 5) is 0. The minimum Gasteiger partial charge on any atom is -0.314 e. The van der Waals surface area contributed by atoms with E-state index in [2.05, 4.69) is 10.6 Å². The van der Waals surface area contributed by atoms with Crippen molar-refractivity contribution in [2.45, 2.75) is 0 Å². The molecule has 1 saturated heterocycles. The van der Waals surface area contributed by atoms with Crippen molar-refractivity contribution in [1.29, 1.82) is 0 Å². The largest absolute Gasteiger partial charge is 0.314 e. The van der Waals surface area contributed by atoms with Gasteiger partial charge in [0.1, 0.15) is 0 Å². The number of hydrogen-bond acceptors (Lipinski definition) is 6. The zero-order valence-corrected chi connectivity index (χ0v) is 10.8. The summed E-state index contributed by atoms with van der Waals surface area (Å²) in [5.74, 6) is 0. The molecule has 100 valence electrons. The van der Waals surface area contributed by atoms with Gasteiger partial charge in [-0.2, -0.15) is 16.8 Å². The smallest absolute Gasteiger partial charge is 0.261 e. The van der Waals surface area contributed by atoms with Crippen LogP contribution in [-0.2, 0) is 20.2 Å². The summed E-state index contributed by atoms with van der Waals surface area (Å²) in [7, 11) is -7.33. The van der Waals surface area contributed by atoms with Gasteiger partial charge in [-0.15, -0.1) is 0 Å². The maximum atomic E-state index is 9.19. The van der Waals surface area contributed by atoms with Crippen LogP contribution in [0.5, 0.6) is 0 Å². The van der Waals surface area contributed by atoms with Gasteiger partial charge < -0.3 is 10.6 Å². The molecule has 0 radical (unpaired) electrons. The zero-order chi connectivity index (χ0) is 13.2. The third-order valence-corrected chi connectivity index (χ3v) is 0.957. The highest BCUT2D eigenvalue weighted by atomic mass is 32.2. The Labute approximate surface area is 95.9 Å². The zero-order valence-electron chi connectivity index (χ0n) is 9.17. The minimum atomic E-state index is -3.67. The summed E-state index contributed by atoms with van der Waals surface area (Å²) in [5.41, 5.74) is 0. The third-order valence-electron chi connectivity index (χ3n) is 0.957. The molecule has 4 N–H and O–H groups in total. The quantitative estimate of drug-likeness (QED) is 0.381. The maximum Gasteiger partial charge on any atom is 0.261 e. The van der Waals surface area contributed by atoms with Crippen molar-refractivity contribution < 1.29 is 25.9 Å². The van der Waals surface area contributed by atoms with Crippen molar-refractivity contribution in [1.82, 2.24) is 10.6 Å². The molecule has 0 saturated carbocycles. The van der Waals surface area contributed by atoms with Crippen molar-refractivity contribution in [2.24, 2.45) is 0 Å². The average molecular weight is 278 g/mol. The maximum absolute atomic E-state index is 9.19. The van der Waals surface area contributed by atoms with E-state index in [4.69, 9.17) is 9.11 Å². The lowest BCUT2D eigenvalue weighted by Gasteiger charge is -2.11. The van der Waals surface area contributed by atoms with Crippen LogP contribution >= 0.6 is 0 Å². The van der Waals surface area contributed by atoms with Gasteiger partial charge in [0, 0.05) is 26.2 Å². The summed E-state index contributed by atoms with van der Waals surface area (Å²) >= 11 is 0. The fraction of sp³-hybridized carbons (Fsp3) is 1.00. The summed E-state index contributed by atoms with van der Waals surface area (Å²) in [5, 5.41) is 6.44. The molecule has 1 aliphatic rings. The van der Waals surface area contributed by atoms with Crippen molar-refractivity contribution in [3.63, 3.8) is 0 Å². The van der Waals surface area contributed by atoms with Gasteiger partial charge in [0.15, 0.2) is 0 Å². The molecule has 0 bridgehead atoms. The monoisotopic (exact) mass is 278 g/mol. The lowest BCUT2D eigenvalue weighted by molar-refractivity contribution is 0.488. The molecule has 1 fully saturated rings. The van der Waals surface area contributed by atoms with E-state index in [-0.39, 0.29) is 0 Å². The van der Waals surface area contributed by atoms with Gasteiger partial charge >= 0.3 is 0 Å². The number of nitrogens with one attached hydrogen (secondary N) is 2. The molecule has 0 aromatic rings. The molecule has 0 amide bonds. The third kappa shape index (κ3) is 67.7. The lowest BCUT2D eigenvalue weighted by atomic mass is 10.4. The molecule has 0 aromatic heterocycles. The van der Waals surface area contributed by atoms with E-state index in [0.717, 1.165) is 26.2 Å². The first-order chi connectivity index (χ1) is 7.00. The van der Waals surface area contributed by atoms with Crippen molar-refractivity contribution in [3.05, 3.63) is 0 Å². The highest BCUT2D eigenvalue weighted by molar-refractivity contribution is 7.85. The molecule has 8 nitrogen and oxygen atoms in total. The average Bonchev–Trinajstić information content (AvgIpc) is 2.01. The molecule has 1 rings (SSSR count). The van der Waals surface area contributed by atoms with E-state index in [1.54, 1.807) is 0 Å². The molecule has 16 heavy (non-hydrogen) atoms. The normalized spacial score (nSPS) is 16.2. The van der Waals surface area contributed by atoms with E-state index in [1.807, 2.05) is 0 Å². The SMILES string of the molecule is C1CNCCN1.CS(=O)(=O)O.CS(=O)(=O)O. The van der Waals surface area contributed by atoms with Crippen LogP contribution in [-0.4, -0.2) is 64.6 Å². The van der Waals surface area contributed by atoms with Gasteiger partial charge in [-0.3, -0.25) is 9.11 Å². The number of piperazine rings is 1. The van der Waals surface area contributed by atoms with E-state index in [1.165, 1.54) is 0 Å². The van der Waals surface area contributed by atoms with Crippen LogP contribution in [0.4, 0.5) is 0 Å². The van der Waals surface area contributed by atoms with Crippen molar-refractivity contribution in [2.75, 3.05) is 38.7 Å². The van der Waals surface area contributed by atoms with E-state index in [0.29, 0.717) is 12.5 Å². The fourth-order valence-corrected chi connectivity index (χ4v) is 0.604. The predicted molar refractivity (Wildman–Crippen MR) is 60.7 cm³/mol. The molecule has 1 heterocycles. The topological polar surface area (TPSA) is 133 Å². The predicted octanol–water partition coefficient (Wildman–Crippen LogP) is -1.81. The molecule has 0 atom stereocenters. The Morgan fingerprint density at radius 3 is 0.938 bits per heavy atom. The highest BCUT2D eigenvalue weighted by Gasteiger charge is 1.91. The van der Waals surface area contributed by atoms with Gasteiger partial charge in [0.2, 0.25) is 0 Å². The Morgan fingerprint density at radius 1 is 0.750 bits per heavy atom. The Kier molecular flexibility index (Phi) is 10.0. The van der Waals surface area contributed by atoms with Crippen molar-refractivity contribution in [3.8, 4) is 0 Å². The molecular formula is C6H18N2O6S2. The Morgan fingerprint density at radius 2 is 0.875 bits per heavy atom. The first kappa shape index (κ1) is 18.1. The molecule has 1 aliphatic heterocycles. The second kappa shape index (κ2) is 8.84. The lowest BCUT2D eigenvalue weighted by Crippen LogP contribution is -2.39. The van der Waals surface area contributed by atoms with Crippen LogP contribution in [0.2, 0.25) is 0 Å².